The number of amides is 1. The summed E-state index contributed by atoms with van der Waals surface area (Å²) >= 11 is 0. The fourth-order valence-electron chi connectivity index (χ4n) is 2.99. The Morgan fingerprint density at radius 2 is 1.85 bits per heavy atom. The average molecular weight is 326 g/mol. The van der Waals surface area contributed by atoms with Crippen molar-refractivity contribution in [2.24, 2.45) is 11.8 Å². The van der Waals surface area contributed by atoms with Gasteiger partial charge in [-0.2, -0.15) is 0 Å². The number of piperidine rings is 1. The number of hydrogen-bond donors (Lipinski definition) is 1. The van der Waals surface area contributed by atoms with Crippen molar-refractivity contribution >= 4 is 30.7 Å². The van der Waals surface area contributed by atoms with Gasteiger partial charge >= 0.3 is 0 Å². The summed E-state index contributed by atoms with van der Waals surface area (Å²) in [6.07, 6.45) is 2.21. The summed E-state index contributed by atoms with van der Waals surface area (Å²) in [5.74, 6) is 1.33. The molecule has 0 aromatic carbocycles. The van der Waals surface area contributed by atoms with Crippen molar-refractivity contribution in [2.75, 3.05) is 45.8 Å². The Balaban J connectivity index is 0.00000180. The number of carbonyl (C=O) groups excluding carboxylic acids is 1. The molecule has 120 valence electrons. The van der Waals surface area contributed by atoms with Crippen LogP contribution in [0.5, 0.6) is 0 Å². The van der Waals surface area contributed by atoms with Crippen molar-refractivity contribution in [1.82, 2.24) is 15.1 Å². The lowest BCUT2D eigenvalue weighted by atomic mass is 9.98. The topological polar surface area (TPSA) is 35.6 Å². The Hall–Kier alpha value is -0.0300. The predicted molar refractivity (Wildman–Crippen MR) is 87.9 cm³/mol. The minimum Gasteiger partial charge on any atom is -0.340 e. The number of halogens is 2. The lowest BCUT2D eigenvalue weighted by Gasteiger charge is -2.37. The summed E-state index contributed by atoms with van der Waals surface area (Å²) in [4.78, 5) is 16.9. The molecule has 0 saturated carbocycles. The summed E-state index contributed by atoms with van der Waals surface area (Å²) in [6.45, 7) is 11.6. The molecule has 0 aliphatic carbocycles. The molecule has 1 atom stereocenters. The van der Waals surface area contributed by atoms with Gasteiger partial charge in [0.1, 0.15) is 0 Å². The molecule has 0 radical (unpaired) electrons. The van der Waals surface area contributed by atoms with E-state index in [1.165, 1.54) is 0 Å². The lowest BCUT2D eigenvalue weighted by molar-refractivity contribution is -0.137. The SMILES string of the molecule is CC(C)CN1CCN(C(=O)C2CCCNC2)CC1.Cl.Cl. The molecule has 1 unspecified atom stereocenters. The number of nitrogens with one attached hydrogen (secondary N) is 1. The summed E-state index contributed by atoms with van der Waals surface area (Å²) < 4.78 is 0. The predicted octanol–water partition coefficient (Wildman–Crippen LogP) is 1.63. The first kappa shape index (κ1) is 20.0. The van der Waals surface area contributed by atoms with Crippen molar-refractivity contribution in [3.8, 4) is 0 Å². The van der Waals surface area contributed by atoms with Crippen molar-refractivity contribution in [3.05, 3.63) is 0 Å². The molecular formula is C14H29Cl2N3O. The maximum absolute atomic E-state index is 12.3. The molecule has 0 aromatic heterocycles. The smallest absolute Gasteiger partial charge is 0.227 e. The van der Waals surface area contributed by atoms with E-state index in [1.807, 2.05) is 0 Å². The van der Waals surface area contributed by atoms with E-state index in [4.69, 9.17) is 0 Å². The highest BCUT2D eigenvalue weighted by Gasteiger charge is 2.28. The minimum absolute atomic E-state index is 0. The highest BCUT2D eigenvalue weighted by Crippen LogP contribution is 2.15. The Morgan fingerprint density at radius 3 is 2.35 bits per heavy atom. The first-order chi connectivity index (χ1) is 8.66. The molecule has 0 bridgehead atoms. The lowest BCUT2D eigenvalue weighted by Crippen LogP contribution is -2.52. The second-order valence-electron chi connectivity index (χ2n) is 6.06. The van der Waals surface area contributed by atoms with Gasteiger partial charge in [0.25, 0.3) is 0 Å². The van der Waals surface area contributed by atoms with Gasteiger partial charge in [0.05, 0.1) is 5.92 Å². The van der Waals surface area contributed by atoms with Crippen LogP contribution in [0.25, 0.3) is 0 Å². The molecule has 6 heteroatoms. The summed E-state index contributed by atoms with van der Waals surface area (Å²) in [7, 11) is 0. The maximum Gasteiger partial charge on any atom is 0.227 e. The minimum atomic E-state index is 0. The fourth-order valence-corrected chi connectivity index (χ4v) is 2.99. The summed E-state index contributed by atoms with van der Waals surface area (Å²) in [5, 5.41) is 3.33. The van der Waals surface area contributed by atoms with E-state index >= 15 is 0 Å². The largest absolute Gasteiger partial charge is 0.340 e. The Kier molecular flexibility index (Phi) is 9.81. The van der Waals surface area contributed by atoms with E-state index in [0.29, 0.717) is 5.91 Å². The van der Waals surface area contributed by atoms with Crippen LogP contribution >= 0.6 is 24.8 Å². The molecule has 0 spiro atoms. The zero-order chi connectivity index (χ0) is 13.0. The van der Waals surface area contributed by atoms with E-state index in [-0.39, 0.29) is 30.7 Å². The normalized spacial score (nSPS) is 23.9. The Labute approximate surface area is 135 Å². The van der Waals surface area contributed by atoms with Gasteiger partial charge in [-0.1, -0.05) is 13.8 Å². The molecule has 20 heavy (non-hydrogen) atoms. The number of carbonyl (C=O) groups is 1. The van der Waals surface area contributed by atoms with Crippen LogP contribution in [0, 0.1) is 11.8 Å². The molecule has 2 saturated heterocycles. The Bertz CT molecular complexity index is 276. The third-order valence-corrected chi connectivity index (χ3v) is 3.95. The van der Waals surface area contributed by atoms with Crippen LogP contribution in [0.1, 0.15) is 26.7 Å². The molecule has 2 fully saturated rings. The second-order valence-corrected chi connectivity index (χ2v) is 6.06. The standard InChI is InChI=1S/C14H27N3O.2ClH/c1-12(2)11-16-6-8-17(9-7-16)14(18)13-4-3-5-15-10-13;;/h12-13,15H,3-11H2,1-2H3;2*1H. The number of piperazine rings is 1. The van der Waals surface area contributed by atoms with E-state index in [2.05, 4.69) is 29.0 Å². The van der Waals surface area contributed by atoms with Gasteiger partial charge in [0.2, 0.25) is 5.91 Å². The molecule has 1 amide bonds. The van der Waals surface area contributed by atoms with Gasteiger partial charge in [-0.25, -0.2) is 0 Å². The molecule has 2 heterocycles. The highest BCUT2D eigenvalue weighted by molar-refractivity contribution is 5.85. The van der Waals surface area contributed by atoms with Gasteiger partial charge in [-0.05, 0) is 25.3 Å². The monoisotopic (exact) mass is 325 g/mol. The van der Waals surface area contributed by atoms with Crippen molar-refractivity contribution in [3.63, 3.8) is 0 Å². The molecule has 2 aliphatic rings. The van der Waals surface area contributed by atoms with E-state index < -0.39 is 0 Å². The van der Waals surface area contributed by atoms with Crippen LogP contribution in [0.4, 0.5) is 0 Å². The van der Waals surface area contributed by atoms with Crippen LogP contribution in [-0.4, -0.2) is 61.5 Å². The van der Waals surface area contributed by atoms with Gasteiger partial charge in [-0.3, -0.25) is 9.69 Å². The average Bonchev–Trinajstić information content (AvgIpc) is 2.39. The third kappa shape index (κ3) is 5.76. The quantitative estimate of drug-likeness (QED) is 0.856. The Morgan fingerprint density at radius 1 is 1.20 bits per heavy atom. The first-order valence-corrected chi connectivity index (χ1v) is 7.38. The van der Waals surface area contributed by atoms with Crippen LogP contribution in [-0.2, 0) is 4.79 Å². The van der Waals surface area contributed by atoms with E-state index in [9.17, 15) is 4.79 Å². The van der Waals surface area contributed by atoms with Gasteiger partial charge in [0, 0.05) is 39.3 Å². The third-order valence-electron chi connectivity index (χ3n) is 3.95. The zero-order valence-electron chi connectivity index (χ0n) is 12.6. The molecular weight excluding hydrogens is 297 g/mol. The molecule has 2 aliphatic heterocycles. The van der Waals surface area contributed by atoms with Crippen LogP contribution < -0.4 is 5.32 Å². The number of nitrogens with zero attached hydrogens (tertiary/aromatic N) is 2. The summed E-state index contributed by atoms with van der Waals surface area (Å²) in [6, 6.07) is 0. The first-order valence-electron chi connectivity index (χ1n) is 7.38. The number of hydrogen-bond acceptors (Lipinski definition) is 3. The van der Waals surface area contributed by atoms with Crippen molar-refractivity contribution in [2.45, 2.75) is 26.7 Å². The fraction of sp³-hybridized carbons (Fsp3) is 0.929. The molecule has 1 N–H and O–H groups in total. The van der Waals surface area contributed by atoms with Gasteiger partial charge < -0.3 is 10.2 Å². The summed E-state index contributed by atoms with van der Waals surface area (Å²) in [5.41, 5.74) is 0. The molecule has 0 aromatic rings. The van der Waals surface area contributed by atoms with Gasteiger partial charge in [0.15, 0.2) is 0 Å². The zero-order valence-corrected chi connectivity index (χ0v) is 14.3. The molecule has 4 nitrogen and oxygen atoms in total. The number of rotatable bonds is 3. The van der Waals surface area contributed by atoms with Crippen molar-refractivity contribution < 1.29 is 4.79 Å². The molecule has 2 rings (SSSR count). The van der Waals surface area contributed by atoms with E-state index in [0.717, 1.165) is 64.6 Å². The second kappa shape index (κ2) is 9.82. The van der Waals surface area contributed by atoms with Crippen LogP contribution in [0.15, 0.2) is 0 Å². The van der Waals surface area contributed by atoms with Crippen LogP contribution in [0.2, 0.25) is 0 Å². The highest BCUT2D eigenvalue weighted by atomic mass is 35.5. The van der Waals surface area contributed by atoms with Crippen molar-refractivity contribution in [1.29, 1.82) is 0 Å². The van der Waals surface area contributed by atoms with E-state index in [1.54, 1.807) is 0 Å². The van der Waals surface area contributed by atoms with Crippen LogP contribution in [0.3, 0.4) is 0 Å². The van der Waals surface area contributed by atoms with Gasteiger partial charge in [-0.15, -0.1) is 24.8 Å². The maximum atomic E-state index is 12.3.